The number of hydrogen-bond donors (Lipinski definition) is 1. The van der Waals surface area contributed by atoms with E-state index in [-0.39, 0.29) is 0 Å². The zero-order valence-corrected chi connectivity index (χ0v) is 10.5. The van der Waals surface area contributed by atoms with Crippen LogP contribution in [0.15, 0.2) is 0 Å². The summed E-state index contributed by atoms with van der Waals surface area (Å²) in [7, 11) is 0. The van der Waals surface area contributed by atoms with Gasteiger partial charge in [0.25, 0.3) is 0 Å². The quantitative estimate of drug-likeness (QED) is 0.785. The summed E-state index contributed by atoms with van der Waals surface area (Å²) < 4.78 is 0. The van der Waals surface area contributed by atoms with Crippen molar-refractivity contribution in [2.24, 2.45) is 11.8 Å². The molecule has 1 N–H and O–H groups in total. The summed E-state index contributed by atoms with van der Waals surface area (Å²) in [5, 5.41) is 3.82. The van der Waals surface area contributed by atoms with Crippen LogP contribution < -0.4 is 5.32 Å². The average Bonchev–Trinajstić information content (AvgIpc) is 2.92. The van der Waals surface area contributed by atoms with E-state index in [1.54, 1.807) is 0 Å². The van der Waals surface area contributed by atoms with Crippen molar-refractivity contribution in [1.82, 2.24) is 10.2 Å². The van der Waals surface area contributed by atoms with Crippen molar-refractivity contribution in [2.75, 3.05) is 26.2 Å². The summed E-state index contributed by atoms with van der Waals surface area (Å²) in [6.07, 6.45) is 10.3. The second-order valence-corrected chi connectivity index (χ2v) is 6.14. The number of likely N-dealkylation sites (tertiary alicyclic amines) is 1. The lowest BCUT2D eigenvalue weighted by molar-refractivity contribution is 0.221. The highest BCUT2D eigenvalue weighted by molar-refractivity contribution is 4.94. The molecule has 2 aliphatic carbocycles. The van der Waals surface area contributed by atoms with Crippen LogP contribution in [0.5, 0.6) is 0 Å². The molecule has 0 aromatic carbocycles. The summed E-state index contributed by atoms with van der Waals surface area (Å²) in [5.41, 5.74) is 0. The Kier molecular flexibility index (Phi) is 3.49. The molecule has 0 radical (unpaired) electrons. The van der Waals surface area contributed by atoms with Gasteiger partial charge in [-0.25, -0.2) is 0 Å². The SMILES string of the molecule is C1CCN(CCN[C@@H]2C[C@H]3CC[C@H]2C3)CC1. The van der Waals surface area contributed by atoms with E-state index in [4.69, 9.17) is 0 Å². The smallest absolute Gasteiger partial charge is 0.0107 e. The van der Waals surface area contributed by atoms with Gasteiger partial charge in [0.1, 0.15) is 0 Å². The highest BCUT2D eigenvalue weighted by Crippen LogP contribution is 2.44. The molecular weight excluding hydrogens is 196 g/mol. The van der Waals surface area contributed by atoms with E-state index in [2.05, 4.69) is 10.2 Å². The molecule has 3 atom stereocenters. The Hall–Kier alpha value is -0.0800. The standard InChI is InChI=1S/C14H26N2/c1-2-7-16(8-3-1)9-6-15-14-11-12-4-5-13(14)10-12/h12-15H,1-11H2/t12-,13-,14+/m0/s1. The molecule has 16 heavy (non-hydrogen) atoms. The molecular formula is C14H26N2. The van der Waals surface area contributed by atoms with Crippen molar-refractivity contribution < 1.29 is 0 Å². The van der Waals surface area contributed by atoms with Gasteiger partial charge in [-0.2, -0.15) is 0 Å². The molecule has 0 unspecified atom stereocenters. The van der Waals surface area contributed by atoms with Crippen LogP contribution in [0.2, 0.25) is 0 Å². The molecule has 0 aromatic rings. The molecule has 3 rings (SSSR count). The summed E-state index contributed by atoms with van der Waals surface area (Å²) in [4.78, 5) is 2.64. The van der Waals surface area contributed by atoms with Gasteiger partial charge in [0.15, 0.2) is 0 Å². The second-order valence-electron chi connectivity index (χ2n) is 6.14. The molecule has 1 saturated heterocycles. The monoisotopic (exact) mass is 222 g/mol. The van der Waals surface area contributed by atoms with Gasteiger partial charge >= 0.3 is 0 Å². The van der Waals surface area contributed by atoms with Crippen molar-refractivity contribution in [3.05, 3.63) is 0 Å². The maximum atomic E-state index is 3.82. The first-order valence-electron chi connectivity index (χ1n) is 7.37. The first kappa shape index (κ1) is 11.0. The Morgan fingerprint density at radius 3 is 2.56 bits per heavy atom. The predicted molar refractivity (Wildman–Crippen MR) is 67.5 cm³/mol. The lowest BCUT2D eigenvalue weighted by atomic mass is 9.95. The molecule has 0 spiro atoms. The van der Waals surface area contributed by atoms with E-state index in [0.717, 1.165) is 17.9 Å². The van der Waals surface area contributed by atoms with Crippen LogP contribution in [-0.4, -0.2) is 37.1 Å². The van der Waals surface area contributed by atoms with Crippen LogP contribution in [0.3, 0.4) is 0 Å². The summed E-state index contributed by atoms with van der Waals surface area (Å²) >= 11 is 0. The van der Waals surface area contributed by atoms with Crippen molar-refractivity contribution in [2.45, 2.75) is 51.0 Å². The van der Waals surface area contributed by atoms with Crippen LogP contribution in [0.25, 0.3) is 0 Å². The zero-order valence-electron chi connectivity index (χ0n) is 10.5. The first-order valence-corrected chi connectivity index (χ1v) is 7.37. The fourth-order valence-electron chi connectivity index (χ4n) is 4.09. The third-order valence-electron chi connectivity index (χ3n) is 5.02. The minimum Gasteiger partial charge on any atom is -0.312 e. The fourth-order valence-corrected chi connectivity index (χ4v) is 4.09. The largest absolute Gasteiger partial charge is 0.312 e. The highest BCUT2D eigenvalue weighted by atomic mass is 15.1. The van der Waals surface area contributed by atoms with Crippen molar-refractivity contribution in [1.29, 1.82) is 0 Å². The van der Waals surface area contributed by atoms with Gasteiger partial charge in [0, 0.05) is 19.1 Å². The Bertz CT molecular complexity index is 223. The number of nitrogens with zero attached hydrogens (tertiary/aromatic N) is 1. The van der Waals surface area contributed by atoms with E-state index in [0.29, 0.717) is 0 Å². The Morgan fingerprint density at radius 2 is 1.88 bits per heavy atom. The van der Waals surface area contributed by atoms with Crippen LogP contribution in [0, 0.1) is 11.8 Å². The maximum Gasteiger partial charge on any atom is 0.0107 e. The van der Waals surface area contributed by atoms with Gasteiger partial charge in [-0.05, 0) is 57.0 Å². The van der Waals surface area contributed by atoms with Gasteiger partial charge in [0.05, 0.1) is 0 Å². The van der Waals surface area contributed by atoms with E-state index < -0.39 is 0 Å². The molecule has 0 amide bonds. The molecule has 2 heteroatoms. The predicted octanol–water partition coefficient (Wildman–Crippen LogP) is 2.25. The number of hydrogen-bond acceptors (Lipinski definition) is 2. The Balaban J connectivity index is 1.34. The van der Waals surface area contributed by atoms with Crippen LogP contribution >= 0.6 is 0 Å². The third kappa shape index (κ3) is 2.43. The fraction of sp³-hybridized carbons (Fsp3) is 1.00. The second kappa shape index (κ2) is 5.05. The van der Waals surface area contributed by atoms with Crippen molar-refractivity contribution >= 4 is 0 Å². The van der Waals surface area contributed by atoms with Gasteiger partial charge in [-0.15, -0.1) is 0 Å². The normalized spacial score (nSPS) is 39.4. The molecule has 1 heterocycles. The van der Waals surface area contributed by atoms with Crippen LogP contribution in [0.4, 0.5) is 0 Å². The number of rotatable bonds is 4. The molecule has 92 valence electrons. The number of piperidine rings is 1. The van der Waals surface area contributed by atoms with Gasteiger partial charge in [-0.1, -0.05) is 12.8 Å². The average molecular weight is 222 g/mol. The Morgan fingerprint density at radius 1 is 1.00 bits per heavy atom. The van der Waals surface area contributed by atoms with Crippen LogP contribution in [0.1, 0.15) is 44.9 Å². The van der Waals surface area contributed by atoms with Gasteiger partial charge in [-0.3, -0.25) is 0 Å². The van der Waals surface area contributed by atoms with E-state index in [1.165, 1.54) is 71.1 Å². The highest BCUT2D eigenvalue weighted by Gasteiger charge is 2.38. The molecule has 2 bridgehead atoms. The molecule has 2 nitrogen and oxygen atoms in total. The first-order chi connectivity index (χ1) is 7.92. The summed E-state index contributed by atoms with van der Waals surface area (Å²) in [6, 6.07) is 0.878. The Labute approximate surface area is 99.8 Å². The summed E-state index contributed by atoms with van der Waals surface area (Å²) in [5.74, 6) is 2.11. The minimum atomic E-state index is 0.878. The third-order valence-corrected chi connectivity index (χ3v) is 5.02. The van der Waals surface area contributed by atoms with Crippen molar-refractivity contribution in [3.63, 3.8) is 0 Å². The van der Waals surface area contributed by atoms with Gasteiger partial charge in [0.2, 0.25) is 0 Å². The van der Waals surface area contributed by atoms with E-state index in [9.17, 15) is 0 Å². The number of nitrogens with one attached hydrogen (secondary N) is 1. The zero-order chi connectivity index (χ0) is 10.8. The molecule has 3 fully saturated rings. The molecule has 3 aliphatic rings. The minimum absolute atomic E-state index is 0.878. The maximum absolute atomic E-state index is 3.82. The van der Waals surface area contributed by atoms with E-state index >= 15 is 0 Å². The topological polar surface area (TPSA) is 15.3 Å². The summed E-state index contributed by atoms with van der Waals surface area (Å²) in [6.45, 7) is 5.21. The van der Waals surface area contributed by atoms with Crippen molar-refractivity contribution in [3.8, 4) is 0 Å². The molecule has 0 aromatic heterocycles. The van der Waals surface area contributed by atoms with E-state index in [1.807, 2.05) is 0 Å². The van der Waals surface area contributed by atoms with Crippen LogP contribution in [-0.2, 0) is 0 Å². The molecule has 2 saturated carbocycles. The number of fused-ring (bicyclic) bond motifs is 2. The lowest BCUT2D eigenvalue weighted by Crippen LogP contribution is -2.41. The van der Waals surface area contributed by atoms with Gasteiger partial charge < -0.3 is 10.2 Å². The molecule has 1 aliphatic heterocycles. The lowest BCUT2D eigenvalue weighted by Gasteiger charge is -2.28.